The fourth-order valence-corrected chi connectivity index (χ4v) is 2.59. The zero-order valence-corrected chi connectivity index (χ0v) is 14.9. The van der Waals surface area contributed by atoms with E-state index < -0.39 is 0 Å². The molecule has 1 aromatic heterocycles. The van der Waals surface area contributed by atoms with Crippen LogP contribution in [0.25, 0.3) is 0 Å². The molecule has 0 radical (unpaired) electrons. The molecule has 2 N–H and O–H groups in total. The highest BCUT2D eigenvalue weighted by Gasteiger charge is 2.09. The molecule has 6 heteroatoms. The maximum Gasteiger partial charge on any atom is 0.274 e. The van der Waals surface area contributed by atoms with E-state index in [-0.39, 0.29) is 5.91 Å². The Balaban J connectivity index is 1.52. The van der Waals surface area contributed by atoms with Crippen molar-refractivity contribution in [2.24, 2.45) is 0 Å². The van der Waals surface area contributed by atoms with Gasteiger partial charge in [0.1, 0.15) is 17.8 Å². The number of carbonyl (C=O) groups excluding carboxylic acids is 1. The predicted molar refractivity (Wildman–Crippen MR) is 105 cm³/mol. The fourth-order valence-electron chi connectivity index (χ4n) is 2.46. The number of rotatable bonds is 7. The molecule has 0 aliphatic carbocycles. The number of anilines is 2. The number of carbonyl (C=O) groups is 1. The minimum atomic E-state index is -0.290. The summed E-state index contributed by atoms with van der Waals surface area (Å²) in [6, 6.07) is 18.9. The lowest BCUT2D eigenvalue weighted by molar-refractivity contribution is 0.102. The van der Waals surface area contributed by atoms with Crippen LogP contribution in [-0.2, 0) is 6.42 Å². The summed E-state index contributed by atoms with van der Waals surface area (Å²) in [5.41, 5.74) is 2.27. The lowest BCUT2D eigenvalue weighted by Gasteiger charge is -2.08. The fraction of sp³-hybridized carbons (Fsp3) is 0.150. The number of hydrogen-bond acceptors (Lipinski definition) is 4. The van der Waals surface area contributed by atoms with E-state index in [0.29, 0.717) is 22.2 Å². The summed E-state index contributed by atoms with van der Waals surface area (Å²) in [5, 5.41) is 6.64. The van der Waals surface area contributed by atoms with E-state index in [0.717, 1.165) is 19.4 Å². The first-order valence-corrected chi connectivity index (χ1v) is 8.75. The number of amides is 1. The molecule has 0 bridgehead atoms. The maximum atomic E-state index is 12.3. The normalized spacial score (nSPS) is 10.3. The smallest absolute Gasteiger partial charge is 0.274 e. The Bertz CT molecular complexity index is 853. The van der Waals surface area contributed by atoms with Crippen molar-refractivity contribution >= 4 is 29.0 Å². The van der Waals surface area contributed by atoms with Crippen LogP contribution in [0.3, 0.4) is 0 Å². The van der Waals surface area contributed by atoms with Gasteiger partial charge in [-0.2, -0.15) is 0 Å². The second-order valence-corrected chi connectivity index (χ2v) is 6.20. The Labute approximate surface area is 157 Å². The number of hydrogen-bond donors (Lipinski definition) is 2. The van der Waals surface area contributed by atoms with Gasteiger partial charge in [-0.15, -0.1) is 0 Å². The average Bonchev–Trinajstić information content (AvgIpc) is 2.68. The van der Waals surface area contributed by atoms with Crippen LogP contribution in [0.4, 0.5) is 11.5 Å². The molecular formula is C20H19ClN4O. The SMILES string of the molecule is O=C(Nc1ccc(Cl)cc1)c1cc(NCCCc2ccccc2)ncn1. The van der Waals surface area contributed by atoms with E-state index in [1.165, 1.54) is 11.9 Å². The molecule has 0 unspecified atom stereocenters. The van der Waals surface area contributed by atoms with Crippen LogP contribution >= 0.6 is 11.6 Å². The summed E-state index contributed by atoms with van der Waals surface area (Å²) >= 11 is 5.84. The van der Waals surface area contributed by atoms with Gasteiger partial charge in [0.05, 0.1) is 0 Å². The zero-order valence-electron chi connectivity index (χ0n) is 14.2. The summed E-state index contributed by atoms with van der Waals surface area (Å²) < 4.78 is 0. The second-order valence-electron chi connectivity index (χ2n) is 5.77. The third-order valence-electron chi connectivity index (χ3n) is 3.79. The van der Waals surface area contributed by atoms with Gasteiger partial charge in [-0.1, -0.05) is 41.9 Å². The molecular weight excluding hydrogens is 348 g/mol. The molecule has 0 aliphatic heterocycles. The molecule has 0 saturated carbocycles. The van der Waals surface area contributed by atoms with Gasteiger partial charge >= 0.3 is 0 Å². The molecule has 1 amide bonds. The van der Waals surface area contributed by atoms with Crippen LogP contribution in [0.2, 0.25) is 5.02 Å². The van der Waals surface area contributed by atoms with Crippen molar-refractivity contribution in [2.75, 3.05) is 17.2 Å². The molecule has 0 saturated heterocycles. The molecule has 0 aliphatic rings. The maximum absolute atomic E-state index is 12.3. The summed E-state index contributed by atoms with van der Waals surface area (Å²) in [4.78, 5) is 20.5. The average molecular weight is 367 g/mol. The number of halogens is 1. The third kappa shape index (κ3) is 5.29. The van der Waals surface area contributed by atoms with Gasteiger partial charge in [0, 0.05) is 23.3 Å². The van der Waals surface area contributed by atoms with Crippen LogP contribution in [0, 0.1) is 0 Å². The van der Waals surface area contributed by atoms with Crippen LogP contribution in [0.15, 0.2) is 67.0 Å². The molecule has 5 nitrogen and oxygen atoms in total. The lowest BCUT2D eigenvalue weighted by atomic mass is 10.1. The molecule has 2 aromatic carbocycles. The van der Waals surface area contributed by atoms with Crippen molar-refractivity contribution in [3.05, 3.63) is 83.3 Å². The number of nitrogens with zero attached hydrogens (tertiary/aromatic N) is 2. The number of nitrogens with one attached hydrogen (secondary N) is 2. The van der Waals surface area contributed by atoms with Gasteiger partial charge in [-0.25, -0.2) is 9.97 Å². The van der Waals surface area contributed by atoms with Crippen LogP contribution in [0.5, 0.6) is 0 Å². The first-order valence-electron chi connectivity index (χ1n) is 8.37. The highest BCUT2D eigenvalue weighted by Crippen LogP contribution is 2.14. The molecule has 26 heavy (non-hydrogen) atoms. The van der Waals surface area contributed by atoms with Crippen molar-refractivity contribution in [1.29, 1.82) is 0 Å². The van der Waals surface area contributed by atoms with Gasteiger partial charge < -0.3 is 10.6 Å². The highest BCUT2D eigenvalue weighted by atomic mass is 35.5. The van der Waals surface area contributed by atoms with E-state index in [2.05, 4.69) is 32.7 Å². The van der Waals surface area contributed by atoms with Crippen molar-refractivity contribution in [3.8, 4) is 0 Å². The first-order chi connectivity index (χ1) is 12.7. The number of benzene rings is 2. The first kappa shape index (κ1) is 17.9. The van der Waals surface area contributed by atoms with E-state index in [1.54, 1.807) is 30.3 Å². The molecule has 0 atom stereocenters. The topological polar surface area (TPSA) is 66.9 Å². The van der Waals surface area contributed by atoms with Crippen molar-refractivity contribution in [2.45, 2.75) is 12.8 Å². The Morgan fingerprint density at radius 2 is 1.77 bits per heavy atom. The van der Waals surface area contributed by atoms with E-state index in [4.69, 9.17) is 11.6 Å². The van der Waals surface area contributed by atoms with Gasteiger partial charge in [0.25, 0.3) is 5.91 Å². The number of aromatic nitrogens is 2. The molecule has 3 aromatic rings. The Kier molecular flexibility index (Phi) is 6.17. The molecule has 132 valence electrons. The molecule has 1 heterocycles. The predicted octanol–water partition coefficient (Wildman–Crippen LogP) is 4.43. The van der Waals surface area contributed by atoms with Crippen LogP contribution < -0.4 is 10.6 Å². The summed E-state index contributed by atoms with van der Waals surface area (Å²) in [7, 11) is 0. The zero-order chi connectivity index (χ0) is 18.2. The molecule has 3 rings (SSSR count). The molecule has 0 fully saturated rings. The minimum Gasteiger partial charge on any atom is -0.370 e. The Hall–Kier alpha value is -2.92. The number of aryl methyl sites for hydroxylation is 1. The second kappa shape index (κ2) is 8.97. The lowest BCUT2D eigenvalue weighted by Crippen LogP contribution is -2.15. The summed E-state index contributed by atoms with van der Waals surface area (Å²) in [5.74, 6) is 0.344. The van der Waals surface area contributed by atoms with Gasteiger partial charge in [0.2, 0.25) is 0 Å². The summed E-state index contributed by atoms with van der Waals surface area (Å²) in [6.07, 6.45) is 3.35. The Morgan fingerprint density at radius 3 is 2.54 bits per heavy atom. The Morgan fingerprint density at radius 1 is 1.00 bits per heavy atom. The van der Waals surface area contributed by atoms with E-state index in [1.807, 2.05) is 18.2 Å². The standard InChI is InChI=1S/C20H19ClN4O/c21-16-8-10-17(11-9-16)25-20(26)18-13-19(24-14-23-18)22-12-4-7-15-5-2-1-3-6-15/h1-3,5-6,8-11,13-14H,4,7,12H2,(H,25,26)(H,22,23,24). The minimum absolute atomic E-state index is 0.290. The van der Waals surface area contributed by atoms with Gasteiger partial charge in [-0.3, -0.25) is 4.79 Å². The van der Waals surface area contributed by atoms with Crippen LogP contribution in [-0.4, -0.2) is 22.4 Å². The monoisotopic (exact) mass is 366 g/mol. The van der Waals surface area contributed by atoms with Crippen molar-refractivity contribution in [1.82, 2.24) is 9.97 Å². The van der Waals surface area contributed by atoms with Crippen molar-refractivity contribution < 1.29 is 4.79 Å². The van der Waals surface area contributed by atoms with Crippen molar-refractivity contribution in [3.63, 3.8) is 0 Å². The van der Waals surface area contributed by atoms with Gasteiger partial charge in [0.15, 0.2) is 0 Å². The van der Waals surface area contributed by atoms with Gasteiger partial charge in [-0.05, 0) is 42.7 Å². The van der Waals surface area contributed by atoms with E-state index >= 15 is 0 Å². The highest BCUT2D eigenvalue weighted by molar-refractivity contribution is 6.30. The third-order valence-corrected chi connectivity index (χ3v) is 4.04. The van der Waals surface area contributed by atoms with E-state index in [9.17, 15) is 4.79 Å². The molecule has 0 spiro atoms. The summed E-state index contributed by atoms with van der Waals surface area (Å²) in [6.45, 7) is 0.768. The largest absolute Gasteiger partial charge is 0.370 e. The van der Waals surface area contributed by atoms with Crippen LogP contribution in [0.1, 0.15) is 22.5 Å². The quantitative estimate of drug-likeness (QED) is 0.607.